The first-order chi connectivity index (χ1) is 13.2. The summed E-state index contributed by atoms with van der Waals surface area (Å²) in [6.07, 6.45) is 3.02. The number of ether oxygens (including phenoxy) is 1. The number of hydrogen-bond acceptors (Lipinski definition) is 4. The maximum atomic E-state index is 12.4. The largest absolute Gasteiger partial charge is 0.496 e. The van der Waals surface area contributed by atoms with Gasteiger partial charge in [0, 0.05) is 29.2 Å². The minimum atomic E-state index is -3.62. The zero-order valence-electron chi connectivity index (χ0n) is 16.0. The van der Waals surface area contributed by atoms with E-state index in [0.29, 0.717) is 11.3 Å². The molecule has 28 heavy (non-hydrogen) atoms. The predicted octanol–water partition coefficient (Wildman–Crippen LogP) is 3.18. The summed E-state index contributed by atoms with van der Waals surface area (Å²) in [5.41, 5.74) is 2.29. The maximum Gasteiger partial charge on any atom is 0.244 e. The normalized spacial score (nSPS) is 11.6. The Hall–Kier alpha value is -2.16. The van der Waals surface area contributed by atoms with Gasteiger partial charge < -0.3 is 10.1 Å². The first kappa shape index (κ1) is 22.1. The van der Waals surface area contributed by atoms with E-state index < -0.39 is 10.0 Å². The molecule has 0 saturated carbocycles. The van der Waals surface area contributed by atoms with E-state index in [4.69, 9.17) is 4.74 Å². The van der Waals surface area contributed by atoms with Gasteiger partial charge in [-0.3, -0.25) is 4.79 Å². The summed E-state index contributed by atoms with van der Waals surface area (Å²) in [7, 11) is -2.06. The van der Waals surface area contributed by atoms with Crippen molar-refractivity contribution >= 4 is 37.9 Å². The Labute approximate surface area is 174 Å². The predicted molar refractivity (Wildman–Crippen MR) is 114 cm³/mol. The highest BCUT2D eigenvalue weighted by Crippen LogP contribution is 2.24. The van der Waals surface area contributed by atoms with Crippen LogP contribution in [0, 0.1) is 13.8 Å². The van der Waals surface area contributed by atoms with Gasteiger partial charge in [0.15, 0.2) is 0 Å². The monoisotopic (exact) mass is 466 g/mol. The molecule has 2 aromatic carbocycles. The number of benzene rings is 2. The van der Waals surface area contributed by atoms with Gasteiger partial charge in [-0.05, 0) is 55.3 Å². The number of sulfonamides is 1. The number of hydrogen-bond donors (Lipinski definition) is 2. The number of carbonyl (C=O) groups is 1. The van der Waals surface area contributed by atoms with Gasteiger partial charge >= 0.3 is 0 Å². The molecular formula is C20H23BrN2O4S. The summed E-state index contributed by atoms with van der Waals surface area (Å²) < 4.78 is 33.4. The van der Waals surface area contributed by atoms with Crippen LogP contribution < -0.4 is 14.8 Å². The molecule has 0 radical (unpaired) electrons. The van der Waals surface area contributed by atoms with Crippen LogP contribution >= 0.6 is 15.9 Å². The van der Waals surface area contributed by atoms with Crippen LogP contribution in [0.1, 0.15) is 16.7 Å². The Morgan fingerprint density at radius 1 is 1.14 bits per heavy atom. The molecule has 0 atom stereocenters. The summed E-state index contributed by atoms with van der Waals surface area (Å²) in [4.78, 5) is 12.2. The topological polar surface area (TPSA) is 84.5 Å². The van der Waals surface area contributed by atoms with Crippen molar-refractivity contribution in [1.29, 1.82) is 0 Å². The van der Waals surface area contributed by atoms with Gasteiger partial charge in [0.2, 0.25) is 15.9 Å². The molecule has 0 saturated heterocycles. The first-order valence-electron chi connectivity index (χ1n) is 8.59. The van der Waals surface area contributed by atoms with Crippen LogP contribution in [0.4, 0.5) is 0 Å². The highest BCUT2D eigenvalue weighted by Gasteiger charge is 2.16. The van der Waals surface area contributed by atoms with Crippen LogP contribution in [-0.4, -0.2) is 34.5 Å². The van der Waals surface area contributed by atoms with Crippen molar-refractivity contribution in [1.82, 2.24) is 10.0 Å². The maximum absolute atomic E-state index is 12.4. The number of halogens is 1. The molecule has 150 valence electrons. The summed E-state index contributed by atoms with van der Waals surface area (Å²) >= 11 is 3.38. The van der Waals surface area contributed by atoms with E-state index in [1.165, 1.54) is 6.08 Å². The van der Waals surface area contributed by atoms with Crippen molar-refractivity contribution in [3.63, 3.8) is 0 Å². The third-order valence-electron chi connectivity index (χ3n) is 3.96. The Morgan fingerprint density at radius 3 is 2.61 bits per heavy atom. The van der Waals surface area contributed by atoms with Gasteiger partial charge in [-0.2, -0.15) is 0 Å². The van der Waals surface area contributed by atoms with Crippen LogP contribution in [0.5, 0.6) is 5.75 Å². The number of amides is 1. The Kier molecular flexibility index (Phi) is 7.79. The first-order valence-corrected chi connectivity index (χ1v) is 10.9. The molecule has 0 fully saturated rings. The van der Waals surface area contributed by atoms with Crippen molar-refractivity contribution in [2.24, 2.45) is 0 Å². The average molecular weight is 467 g/mol. The highest BCUT2D eigenvalue weighted by atomic mass is 79.9. The van der Waals surface area contributed by atoms with E-state index in [2.05, 4.69) is 26.0 Å². The van der Waals surface area contributed by atoms with Gasteiger partial charge in [0.1, 0.15) is 5.75 Å². The molecule has 6 nitrogen and oxygen atoms in total. The summed E-state index contributed by atoms with van der Waals surface area (Å²) in [6, 6.07) is 10.7. The molecular weight excluding hydrogens is 444 g/mol. The third kappa shape index (κ3) is 6.19. The Morgan fingerprint density at radius 2 is 1.89 bits per heavy atom. The Bertz CT molecular complexity index is 988. The number of rotatable bonds is 8. The van der Waals surface area contributed by atoms with E-state index in [1.807, 2.05) is 25.1 Å². The van der Waals surface area contributed by atoms with Gasteiger partial charge in [-0.1, -0.05) is 28.1 Å². The fraction of sp³-hybridized carbons (Fsp3) is 0.250. The van der Waals surface area contributed by atoms with E-state index in [0.717, 1.165) is 15.6 Å². The number of aryl methyl sites for hydroxylation is 2. The molecule has 8 heteroatoms. The zero-order chi connectivity index (χ0) is 20.7. The van der Waals surface area contributed by atoms with Crippen LogP contribution in [0.2, 0.25) is 0 Å². The average Bonchev–Trinajstić information content (AvgIpc) is 2.65. The highest BCUT2D eigenvalue weighted by molar-refractivity contribution is 9.10. The number of carbonyl (C=O) groups excluding carboxylic acids is 1. The fourth-order valence-corrected chi connectivity index (χ4v) is 4.24. The second-order valence-corrected chi connectivity index (χ2v) is 8.83. The smallest absolute Gasteiger partial charge is 0.244 e. The second-order valence-electron chi connectivity index (χ2n) is 6.18. The zero-order valence-corrected chi connectivity index (χ0v) is 18.4. The van der Waals surface area contributed by atoms with Crippen LogP contribution in [0.15, 0.2) is 51.8 Å². The van der Waals surface area contributed by atoms with Crippen LogP contribution in [-0.2, 0) is 14.8 Å². The molecule has 0 unspecified atom stereocenters. The molecule has 0 aliphatic heterocycles. The standard InChI is InChI=1S/C20H23BrN2O4S/c1-14-4-5-15(2)19(12-14)28(25,26)23-11-10-22-20(24)9-6-16-13-17(21)7-8-18(16)27-3/h4-9,12-13,23H,10-11H2,1-3H3,(H,22,24)/b9-6+. The molecule has 2 rings (SSSR count). The quantitative estimate of drug-likeness (QED) is 0.462. The molecule has 0 heterocycles. The number of methoxy groups -OCH3 is 1. The SMILES string of the molecule is COc1ccc(Br)cc1/C=C/C(=O)NCCNS(=O)(=O)c1cc(C)ccc1C. The van der Waals surface area contributed by atoms with Gasteiger partial charge in [-0.25, -0.2) is 13.1 Å². The second kappa shape index (κ2) is 9.86. The lowest BCUT2D eigenvalue weighted by atomic mass is 10.2. The van der Waals surface area contributed by atoms with Gasteiger partial charge in [0.05, 0.1) is 12.0 Å². The molecule has 2 aromatic rings. The molecule has 0 spiro atoms. The van der Waals surface area contributed by atoms with Crippen LogP contribution in [0.25, 0.3) is 6.08 Å². The molecule has 0 aliphatic carbocycles. The molecule has 0 aromatic heterocycles. The summed E-state index contributed by atoms with van der Waals surface area (Å²) in [6.45, 7) is 3.85. The van der Waals surface area contributed by atoms with Gasteiger partial charge in [0.25, 0.3) is 0 Å². The summed E-state index contributed by atoms with van der Waals surface area (Å²) in [5.74, 6) is 0.321. The van der Waals surface area contributed by atoms with E-state index >= 15 is 0 Å². The lowest BCUT2D eigenvalue weighted by Crippen LogP contribution is -2.34. The van der Waals surface area contributed by atoms with Gasteiger partial charge in [-0.15, -0.1) is 0 Å². The van der Waals surface area contributed by atoms with E-state index in [9.17, 15) is 13.2 Å². The van der Waals surface area contributed by atoms with Crippen molar-refractivity contribution in [3.8, 4) is 5.75 Å². The van der Waals surface area contributed by atoms with E-state index in [-0.39, 0.29) is 23.9 Å². The molecule has 1 amide bonds. The fourth-order valence-electron chi connectivity index (χ4n) is 2.51. The third-order valence-corrected chi connectivity index (χ3v) is 6.05. The van der Waals surface area contributed by atoms with Crippen molar-refractivity contribution < 1.29 is 17.9 Å². The molecule has 0 bridgehead atoms. The summed E-state index contributed by atoms with van der Waals surface area (Å²) in [5, 5.41) is 2.65. The molecule has 0 aliphatic rings. The minimum Gasteiger partial charge on any atom is -0.496 e. The number of nitrogens with one attached hydrogen (secondary N) is 2. The lowest BCUT2D eigenvalue weighted by Gasteiger charge is -2.10. The minimum absolute atomic E-state index is 0.0928. The van der Waals surface area contributed by atoms with Crippen molar-refractivity contribution in [2.75, 3.05) is 20.2 Å². The van der Waals surface area contributed by atoms with Crippen molar-refractivity contribution in [2.45, 2.75) is 18.7 Å². The van der Waals surface area contributed by atoms with Crippen molar-refractivity contribution in [3.05, 3.63) is 63.6 Å². The van der Waals surface area contributed by atoms with E-state index in [1.54, 1.807) is 38.3 Å². The Balaban J connectivity index is 1.89. The molecule has 2 N–H and O–H groups in total. The lowest BCUT2D eigenvalue weighted by molar-refractivity contribution is -0.116. The van der Waals surface area contributed by atoms with Crippen LogP contribution in [0.3, 0.4) is 0 Å².